The van der Waals surface area contributed by atoms with Crippen molar-refractivity contribution in [3.05, 3.63) is 23.3 Å². The van der Waals surface area contributed by atoms with Crippen LogP contribution < -0.4 is 0 Å². The first-order chi connectivity index (χ1) is 19.4. The monoisotopic (exact) mass is 588 g/mol. The smallest absolute Gasteiger partial charge is 0.333 e. The average molecular weight is 589 g/mol. The third-order valence-electron chi connectivity index (χ3n) is 14.5. The van der Waals surface area contributed by atoms with Crippen molar-refractivity contribution in [1.82, 2.24) is 0 Å². The Hall–Kier alpha value is -1.25. The van der Waals surface area contributed by atoms with Crippen LogP contribution in [-0.4, -0.2) is 69.1 Å². The van der Waals surface area contributed by atoms with Gasteiger partial charge >= 0.3 is 5.97 Å². The van der Waals surface area contributed by atoms with Gasteiger partial charge in [0.05, 0.1) is 36.9 Å². The minimum absolute atomic E-state index is 0.0275. The fourth-order valence-corrected chi connectivity index (χ4v) is 11.4. The first-order valence-electron chi connectivity index (χ1n) is 16.2. The first-order valence-corrected chi connectivity index (χ1v) is 16.2. The Balaban J connectivity index is 1.62. The molecule has 0 spiro atoms. The molecular weight excluding hydrogens is 532 g/mol. The number of allylic oxidation sites excluding steroid dienone is 3. The van der Waals surface area contributed by atoms with Gasteiger partial charge in [-0.3, -0.25) is 0 Å². The molecule has 5 N–H and O–H groups in total. The van der Waals surface area contributed by atoms with E-state index in [1.54, 1.807) is 19.9 Å². The number of hydrogen-bond donors (Lipinski definition) is 5. The third kappa shape index (κ3) is 3.92. The molecule has 0 radical (unpaired) electrons. The highest BCUT2D eigenvalue weighted by Crippen LogP contribution is 2.75. The number of fused-ring (bicyclic) bond motifs is 7. The molecule has 0 amide bonds. The van der Waals surface area contributed by atoms with Gasteiger partial charge in [-0.15, -0.1) is 0 Å². The highest BCUT2D eigenvalue weighted by atomic mass is 16.6. The molecule has 238 valence electrons. The Morgan fingerprint density at radius 2 is 1.62 bits per heavy atom. The molecule has 7 heteroatoms. The first kappa shape index (κ1) is 32.2. The van der Waals surface area contributed by atoms with E-state index < -0.39 is 46.6 Å². The number of ether oxygens (including phenoxy) is 1. The van der Waals surface area contributed by atoms with Crippen molar-refractivity contribution in [3.8, 4) is 0 Å². The van der Waals surface area contributed by atoms with Crippen molar-refractivity contribution >= 4 is 5.97 Å². The van der Waals surface area contributed by atoms with Crippen LogP contribution in [0, 0.1) is 50.2 Å². The molecule has 5 aliphatic carbocycles. The second-order valence-electron chi connectivity index (χ2n) is 16.5. The van der Waals surface area contributed by atoms with Crippen molar-refractivity contribution in [2.24, 2.45) is 50.2 Å². The molecule has 7 nitrogen and oxygen atoms in total. The van der Waals surface area contributed by atoms with Crippen LogP contribution in [0.1, 0.15) is 100 Å². The van der Waals surface area contributed by atoms with E-state index >= 15 is 0 Å². The summed E-state index contributed by atoms with van der Waals surface area (Å²) in [5.41, 5.74) is -1.30. The molecule has 12 atom stereocenters. The van der Waals surface area contributed by atoms with Crippen LogP contribution in [0.25, 0.3) is 0 Å². The van der Waals surface area contributed by atoms with Crippen LogP contribution in [0.3, 0.4) is 0 Å². The number of carbonyl (C=O) groups excluding carboxylic acids is 1. The van der Waals surface area contributed by atoms with Gasteiger partial charge in [0.15, 0.2) is 0 Å². The molecule has 0 aromatic rings. The minimum Gasteiger partial charge on any atom is -0.455 e. The van der Waals surface area contributed by atoms with Crippen molar-refractivity contribution in [1.29, 1.82) is 0 Å². The van der Waals surface area contributed by atoms with E-state index in [1.807, 2.05) is 13.8 Å². The predicted octanol–water partition coefficient (Wildman–Crippen LogP) is 4.54. The summed E-state index contributed by atoms with van der Waals surface area (Å²) in [7, 11) is 0. The summed E-state index contributed by atoms with van der Waals surface area (Å²) >= 11 is 0. The number of aliphatic hydroxyl groups is 5. The lowest BCUT2D eigenvalue weighted by molar-refractivity contribution is -0.263. The lowest BCUT2D eigenvalue weighted by atomic mass is 9.33. The van der Waals surface area contributed by atoms with Gasteiger partial charge in [-0.2, -0.15) is 0 Å². The molecule has 0 heterocycles. The number of carbonyl (C=O) groups is 1. The molecule has 42 heavy (non-hydrogen) atoms. The second-order valence-corrected chi connectivity index (χ2v) is 16.5. The van der Waals surface area contributed by atoms with Gasteiger partial charge in [0.25, 0.3) is 0 Å². The maximum Gasteiger partial charge on any atom is 0.333 e. The van der Waals surface area contributed by atoms with Gasteiger partial charge < -0.3 is 30.3 Å². The quantitative estimate of drug-likeness (QED) is 0.185. The topological polar surface area (TPSA) is 127 Å². The summed E-state index contributed by atoms with van der Waals surface area (Å²) in [4.78, 5) is 13.1. The zero-order chi connectivity index (χ0) is 31.3. The van der Waals surface area contributed by atoms with Crippen LogP contribution in [0.4, 0.5) is 0 Å². The summed E-state index contributed by atoms with van der Waals surface area (Å²) in [6.07, 6.45) is 5.68. The van der Waals surface area contributed by atoms with Crippen LogP contribution >= 0.6 is 0 Å². The highest BCUT2D eigenvalue weighted by Gasteiger charge is 2.73. The largest absolute Gasteiger partial charge is 0.455 e. The normalized spacial score (nSPS) is 51.8. The van der Waals surface area contributed by atoms with Gasteiger partial charge in [0.2, 0.25) is 0 Å². The molecule has 0 aromatic heterocycles. The molecule has 0 aromatic carbocycles. The maximum absolute atomic E-state index is 13.1. The molecular formula is C35H56O7. The molecule has 0 unspecified atom stereocenters. The SMILES string of the molecule is C/C=C(\C)C(=O)O[C@H]1[C@@H](O)C(C)(C)C[C@@H]2C3=CC[C@@H]4[C@]5(C)CC[C@@H](O)[C@@](C)(CO)[C@@H]5CC[C@@]4(C)[C@]3(C)C[C@@H](O)[C@]21CO. The summed E-state index contributed by atoms with van der Waals surface area (Å²) in [5.74, 6) is -0.299. The summed E-state index contributed by atoms with van der Waals surface area (Å²) in [6, 6.07) is 0. The second kappa shape index (κ2) is 10.1. The Morgan fingerprint density at radius 3 is 2.21 bits per heavy atom. The van der Waals surface area contributed by atoms with Crippen molar-refractivity contribution < 1.29 is 35.1 Å². The lowest BCUT2D eigenvalue weighted by Gasteiger charge is -2.72. The third-order valence-corrected chi connectivity index (χ3v) is 14.5. The van der Waals surface area contributed by atoms with E-state index in [-0.39, 0.29) is 41.3 Å². The number of aliphatic hydroxyl groups excluding tert-OH is 5. The Kier molecular flexibility index (Phi) is 7.76. The molecule has 0 saturated heterocycles. The molecule has 0 aliphatic heterocycles. The zero-order valence-electron chi connectivity index (χ0n) is 27.1. The van der Waals surface area contributed by atoms with Gasteiger partial charge in [-0.1, -0.05) is 59.3 Å². The number of rotatable bonds is 4. The Labute approximate surface area is 252 Å². The van der Waals surface area contributed by atoms with E-state index in [4.69, 9.17) is 4.74 Å². The Morgan fingerprint density at radius 1 is 0.952 bits per heavy atom. The van der Waals surface area contributed by atoms with E-state index in [0.29, 0.717) is 30.8 Å². The molecule has 0 bridgehead atoms. The number of esters is 1. The fourth-order valence-electron chi connectivity index (χ4n) is 11.4. The van der Waals surface area contributed by atoms with E-state index in [1.165, 1.54) is 5.57 Å². The Bertz CT molecular complexity index is 1160. The molecule has 4 saturated carbocycles. The van der Waals surface area contributed by atoms with Crippen molar-refractivity contribution in [3.63, 3.8) is 0 Å². The van der Waals surface area contributed by atoms with Gasteiger partial charge in [0, 0.05) is 11.0 Å². The van der Waals surface area contributed by atoms with E-state index in [9.17, 15) is 30.3 Å². The van der Waals surface area contributed by atoms with E-state index in [0.717, 1.165) is 25.7 Å². The predicted molar refractivity (Wildman–Crippen MR) is 161 cm³/mol. The average Bonchev–Trinajstić information content (AvgIpc) is 2.93. The fraction of sp³-hybridized carbons (Fsp3) is 0.857. The lowest BCUT2D eigenvalue weighted by Crippen LogP contribution is -2.72. The van der Waals surface area contributed by atoms with Gasteiger partial charge in [-0.05, 0) is 98.2 Å². The van der Waals surface area contributed by atoms with E-state index in [2.05, 4.69) is 33.8 Å². The standard InChI is InChI=1S/C35H56O7/c1-9-20(2)29(41)42-28-27(40)30(3,4)16-22-21-10-11-24-31(5)14-13-25(38)32(6,18-36)23(31)12-15-33(24,7)34(21,8)17-26(39)35(22,28)19-37/h9-10,22-28,36-40H,11-19H2,1-8H3/b20-9+/t22-,23-,24-,25-,26-,27-,28+,31-,32+,33-,34-,35+/m1/s1. The van der Waals surface area contributed by atoms with Crippen LogP contribution in [0.2, 0.25) is 0 Å². The molecule has 4 fully saturated rings. The van der Waals surface area contributed by atoms with Crippen LogP contribution in [-0.2, 0) is 9.53 Å². The van der Waals surface area contributed by atoms with Crippen LogP contribution in [0.5, 0.6) is 0 Å². The highest BCUT2D eigenvalue weighted by molar-refractivity contribution is 5.87. The minimum atomic E-state index is -1.21. The zero-order valence-corrected chi connectivity index (χ0v) is 27.1. The van der Waals surface area contributed by atoms with Gasteiger partial charge in [0.1, 0.15) is 6.10 Å². The number of hydrogen-bond acceptors (Lipinski definition) is 7. The van der Waals surface area contributed by atoms with Gasteiger partial charge in [-0.25, -0.2) is 4.79 Å². The summed E-state index contributed by atoms with van der Waals surface area (Å²) in [6.45, 7) is 16.1. The summed E-state index contributed by atoms with van der Waals surface area (Å²) < 4.78 is 6.05. The van der Waals surface area contributed by atoms with Crippen LogP contribution in [0.15, 0.2) is 23.3 Å². The maximum atomic E-state index is 13.1. The molecule has 5 aliphatic rings. The van der Waals surface area contributed by atoms with Crippen molar-refractivity contribution in [2.75, 3.05) is 13.2 Å². The molecule has 5 rings (SSSR count). The summed E-state index contributed by atoms with van der Waals surface area (Å²) in [5, 5.41) is 56.5. The van der Waals surface area contributed by atoms with Crippen molar-refractivity contribution in [2.45, 2.75) is 125 Å².